The number of phenolic OH excluding ortho intramolecular Hbond substituents is 1. The van der Waals surface area contributed by atoms with Gasteiger partial charge < -0.3 is 26.0 Å². The van der Waals surface area contributed by atoms with Crippen LogP contribution in [0.1, 0.15) is 32.3 Å². The molecule has 1 unspecified atom stereocenters. The Hall–Kier alpha value is -3.10. The number of carboxylic acid groups (broad SMARTS) is 2. The van der Waals surface area contributed by atoms with Gasteiger partial charge in [0, 0.05) is 19.8 Å². The fourth-order valence-electron chi connectivity index (χ4n) is 2.34. The highest BCUT2D eigenvalue weighted by Gasteiger charge is 2.35. The number of carbonyl (C=O) groups excluding carboxylic acids is 2. The van der Waals surface area contributed by atoms with Gasteiger partial charge in [0.25, 0.3) is 0 Å². The topological polar surface area (TPSA) is 153 Å². The van der Waals surface area contributed by atoms with Crippen molar-refractivity contribution in [2.75, 3.05) is 0 Å². The van der Waals surface area contributed by atoms with E-state index >= 15 is 0 Å². The summed E-state index contributed by atoms with van der Waals surface area (Å²) in [7, 11) is 0. The first-order valence-corrected chi connectivity index (χ1v) is 7.85. The summed E-state index contributed by atoms with van der Waals surface area (Å²) in [4.78, 5) is 45.7. The Morgan fingerprint density at radius 3 is 2.15 bits per heavy atom. The number of aromatic hydroxyl groups is 1. The Kier molecular flexibility index (Phi) is 7.12. The molecule has 0 aliphatic rings. The number of rotatable bonds is 9. The summed E-state index contributed by atoms with van der Waals surface area (Å²) in [5.74, 6) is -3.69. The van der Waals surface area contributed by atoms with Gasteiger partial charge in [-0.05, 0) is 31.0 Å². The van der Waals surface area contributed by atoms with E-state index in [1.54, 1.807) is 12.1 Å². The van der Waals surface area contributed by atoms with Crippen LogP contribution in [-0.4, -0.2) is 50.7 Å². The van der Waals surface area contributed by atoms with Crippen molar-refractivity contribution < 1.29 is 34.5 Å². The zero-order valence-corrected chi connectivity index (χ0v) is 14.5. The van der Waals surface area contributed by atoms with E-state index in [-0.39, 0.29) is 25.0 Å². The molecule has 0 fully saturated rings. The summed E-state index contributed by atoms with van der Waals surface area (Å²) in [6, 6.07) is 4.67. The Morgan fingerprint density at radius 2 is 1.69 bits per heavy atom. The third-order valence-electron chi connectivity index (χ3n) is 3.72. The first-order chi connectivity index (χ1) is 12.0. The van der Waals surface area contributed by atoms with Crippen molar-refractivity contribution in [1.82, 2.24) is 10.6 Å². The van der Waals surface area contributed by atoms with Crippen LogP contribution < -0.4 is 10.6 Å². The number of aliphatic carboxylic acids is 2. The lowest BCUT2D eigenvalue weighted by Crippen LogP contribution is -2.54. The number of amides is 2. The van der Waals surface area contributed by atoms with Gasteiger partial charge in [-0.15, -0.1) is 0 Å². The predicted octanol–water partition coefficient (Wildman–Crippen LogP) is 0.264. The second kappa shape index (κ2) is 8.84. The molecule has 0 saturated carbocycles. The molecule has 9 heteroatoms. The van der Waals surface area contributed by atoms with Crippen LogP contribution in [0.25, 0.3) is 0 Å². The van der Waals surface area contributed by atoms with E-state index in [2.05, 4.69) is 10.6 Å². The molecule has 142 valence electrons. The number of benzene rings is 1. The normalized spacial score (nSPS) is 13.9. The first kappa shape index (κ1) is 20.9. The highest BCUT2D eigenvalue weighted by molar-refractivity contribution is 5.87. The van der Waals surface area contributed by atoms with Gasteiger partial charge >= 0.3 is 11.9 Å². The second-order valence-electron chi connectivity index (χ2n) is 6.16. The van der Waals surface area contributed by atoms with Crippen LogP contribution in [0.2, 0.25) is 0 Å². The van der Waals surface area contributed by atoms with Crippen LogP contribution in [-0.2, 0) is 25.6 Å². The van der Waals surface area contributed by atoms with Crippen LogP contribution >= 0.6 is 0 Å². The molecule has 2 atom stereocenters. The van der Waals surface area contributed by atoms with Gasteiger partial charge in [0.2, 0.25) is 11.8 Å². The van der Waals surface area contributed by atoms with E-state index in [4.69, 9.17) is 5.11 Å². The van der Waals surface area contributed by atoms with Gasteiger partial charge in [0.15, 0.2) is 0 Å². The molecule has 0 saturated heterocycles. The molecule has 9 nitrogen and oxygen atoms in total. The zero-order chi connectivity index (χ0) is 19.9. The van der Waals surface area contributed by atoms with Gasteiger partial charge in [-0.2, -0.15) is 0 Å². The largest absolute Gasteiger partial charge is 0.508 e. The van der Waals surface area contributed by atoms with Crippen LogP contribution in [0.15, 0.2) is 24.3 Å². The molecule has 0 aliphatic heterocycles. The molecule has 0 spiro atoms. The Bertz CT molecular complexity index is 687. The molecule has 0 heterocycles. The van der Waals surface area contributed by atoms with Gasteiger partial charge in [-0.3, -0.25) is 9.59 Å². The number of phenols is 1. The summed E-state index contributed by atoms with van der Waals surface area (Å²) in [5.41, 5.74) is -1.02. The standard InChI is InChI=1S/C17H22N2O7/c1-10(20)18-13(15(23)24)7-8-14(22)19-17(2,16(25)26)9-11-3-5-12(21)6-4-11/h3-6,13,21H,7-9H2,1-2H3,(H,18,20)(H,19,22)(H,23,24)(H,25,26)/t13?,17-/m1/s1. The molecule has 1 aromatic carbocycles. The second-order valence-corrected chi connectivity index (χ2v) is 6.16. The number of nitrogens with one attached hydrogen (secondary N) is 2. The van der Waals surface area contributed by atoms with Crippen molar-refractivity contribution in [3.63, 3.8) is 0 Å². The van der Waals surface area contributed by atoms with E-state index in [9.17, 15) is 29.4 Å². The molecular weight excluding hydrogens is 344 g/mol. The first-order valence-electron chi connectivity index (χ1n) is 7.85. The van der Waals surface area contributed by atoms with Crippen molar-refractivity contribution in [3.8, 4) is 5.75 Å². The maximum atomic E-state index is 12.1. The van der Waals surface area contributed by atoms with E-state index < -0.39 is 35.3 Å². The van der Waals surface area contributed by atoms with Crippen molar-refractivity contribution >= 4 is 23.8 Å². The maximum Gasteiger partial charge on any atom is 0.329 e. The summed E-state index contributed by atoms with van der Waals surface area (Å²) in [6.07, 6.45) is -0.465. The van der Waals surface area contributed by atoms with Crippen molar-refractivity contribution in [3.05, 3.63) is 29.8 Å². The van der Waals surface area contributed by atoms with Gasteiger partial charge in [0.1, 0.15) is 17.3 Å². The minimum atomic E-state index is -1.61. The number of hydrogen-bond acceptors (Lipinski definition) is 5. The lowest BCUT2D eigenvalue weighted by molar-refractivity contribution is -0.147. The molecule has 1 aromatic rings. The molecular formula is C17H22N2O7. The molecule has 0 radical (unpaired) electrons. The number of carboxylic acids is 2. The monoisotopic (exact) mass is 366 g/mol. The average molecular weight is 366 g/mol. The molecule has 1 rings (SSSR count). The summed E-state index contributed by atoms with van der Waals surface area (Å²) in [5, 5.41) is 32.4. The van der Waals surface area contributed by atoms with E-state index in [0.29, 0.717) is 5.56 Å². The lowest BCUT2D eigenvalue weighted by Gasteiger charge is -2.27. The minimum absolute atomic E-state index is 0.0254. The minimum Gasteiger partial charge on any atom is -0.508 e. The molecule has 0 bridgehead atoms. The number of carbonyl (C=O) groups is 4. The van der Waals surface area contributed by atoms with Crippen molar-refractivity contribution in [2.45, 2.75) is 44.7 Å². The van der Waals surface area contributed by atoms with E-state index in [0.717, 1.165) is 6.92 Å². The molecule has 5 N–H and O–H groups in total. The fraction of sp³-hybridized carbons (Fsp3) is 0.412. The Labute approximate surface area is 150 Å². The summed E-state index contributed by atoms with van der Waals surface area (Å²) >= 11 is 0. The van der Waals surface area contributed by atoms with Crippen LogP contribution in [0.5, 0.6) is 5.75 Å². The van der Waals surface area contributed by atoms with E-state index in [1.165, 1.54) is 19.1 Å². The van der Waals surface area contributed by atoms with Crippen molar-refractivity contribution in [1.29, 1.82) is 0 Å². The van der Waals surface area contributed by atoms with Gasteiger partial charge in [-0.25, -0.2) is 9.59 Å². The highest BCUT2D eigenvalue weighted by Crippen LogP contribution is 2.17. The van der Waals surface area contributed by atoms with E-state index in [1.807, 2.05) is 0 Å². The Balaban J connectivity index is 2.74. The third-order valence-corrected chi connectivity index (χ3v) is 3.72. The number of hydrogen-bond donors (Lipinski definition) is 5. The highest BCUT2D eigenvalue weighted by atomic mass is 16.4. The quantitative estimate of drug-likeness (QED) is 0.420. The Morgan fingerprint density at radius 1 is 1.12 bits per heavy atom. The SMILES string of the molecule is CC(=O)NC(CCC(=O)N[C@](C)(Cc1ccc(O)cc1)C(=O)O)C(=O)O. The smallest absolute Gasteiger partial charge is 0.329 e. The van der Waals surface area contributed by atoms with Crippen LogP contribution in [0.3, 0.4) is 0 Å². The molecule has 26 heavy (non-hydrogen) atoms. The zero-order valence-electron chi connectivity index (χ0n) is 14.5. The van der Waals surface area contributed by atoms with Crippen LogP contribution in [0, 0.1) is 0 Å². The maximum absolute atomic E-state index is 12.1. The lowest BCUT2D eigenvalue weighted by atomic mass is 9.92. The summed E-state index contributed by atoms with van der Waals surface area (Å²) in [6.45, 7) is 2.50. The molecule has 0 aliphatic carbocycles. The fourth-order valence-corrected chi connectivity index (χ4v) is 2.34. The average Bonchev–Trinajstić information content (AvgIpc) is 2.52. The summed E-state index contributed by atoms with van der Waals surface area (Å²) < 4.78 is 0. The van der Waals surface area contributed by atoms with Crippen LogP contribution in [0.4, 0.5) is 0 Å². The molecule has 2 amide bonds. The van der Waals surface area contributed by atoms with Gasteiger partial charge in [0.05, 0.1) is 0 Å². The van der Waals surface area contributed by atoms with Crippen molar-refractivity contribution in [2.24, 2.45) is 0 Å². The third kappa shape index (κ3) is 6.42. The molecule has 0 aromatic heterocycles. The van der Waals surface area contributed by atoms with Gasteiger partial charge in [-0.1, -0.05) is 12.1 Å². The predicted molar refractivity (Wildman–Crippen MR) is 90.5 cm³/mol.